The van der Waals surface area contributed by atoms with Crippen molar-refractivity contribution >= 4 is 11.8 Å². The number of ether oxygens (including phenoxy) is 13. The van der Waals surface area contributed by atoms with Gasteiger partial charge in [-0.15, -0.1) is 0 Å². The second kappa shape index (κ2) is 28.5. The third-order valence-electron chi connectivity index (χ3n) is 11.7. The molecule has 3 aliphatic heterocycles. The lowest BCUT2D eigenvalue weighted by Crippen LogP contribution is -2.39. The molecule has 2 aromatic rings. The molecule has 3 aliphatic rings. The fraction of sp³-hybridized carbons (Fsp3) is 0.725. The highest BCUT2D eigenvalue weighted by atomic mass is 16.6. The van der Waals surface area contributed by atoms with Gasteiger partial charge in [-0.1, -0.05) is 67.5 Å². The van der Waals surface area contributed by atoms with E-state index in [2.05, 4.69) is 78.2 Å². The van der Waals surface area contributed by atoms with Gasteiger partial charge >= 0.3 is 0 Å². The molecule has 0 radical (unpaired) electrons. The number of amides is 2. The summed E-state index contributed by atoms with van der Waals surface area (Å²) in [6.07, 6.45) is -0.963. The molecule has 68 heavy (non-hydrogen) atoms. The molecule has 0 bridgehead atoms. The lowest BCUT2D eigenvalue weighted by Gasteiger charge is -2.38. The molecule has 384 valence electrons. The second-order valence-electron chi connectivity index (χ2n) is 19.5. The molecule has 0 aliphatic carbocycles. The van der Waals surface area contributed by atoms with Gasteiger partial charge in [0, 0.05) is 29.6 Å². The summed E-state index contributed by atoms with van der Waals surface area (Å²) in [5.74, 6) is 0.0947. The maximum absolute atomic E-state index is 14.6. The Kier molecular flexibility index (Phi) is 23.3. The van der Waals surface area contributed by atoms with Gasteiger partial charge < -0.3 is 72.2 Å². The Hall–Kier alpha value is -3.30. The monoisotopic (exact) mass is 961 g/mol. The SMILES string of the molecule is CC(C)(C)c1cc(C(=O)NCC2COCCOCCOCCOCCOCCO2)c2c(c1)C(C)(C)c1cc(C(C)(C)C)cc(C(=O)NCC3COCCOCCOCCOCCOCCO3)c1O2. The fourth-order valence-electron chi connectivity index (χ4n) is 7.53. The van der Waals surface area contributed by atoms with Crippen LogP contribution in [0.2, 0.25) is 0 Å². The molecule has 0 saturated carbocycles. The lowest BCUT2D eigenvalue weighted by molar-refractivity contribution is -0.0590. The maximum atomic E-state index is 14.6. The van der Waals surface area contributed by atoms with Gasteiger partial charge in [0.2, 0.25) is 0 Å². The quantitative estimate of drug-likeness (QED) is 0.389. The molecule has 2 atom stereocenters. The predicted molar refractivity (Wildman–Crippen MR) is 255 cm³/mol. The number of carbonyl (C=O) groups is 2. The number of fused-ring (bicyclic) bond motifs is 2. The van der Waals surface area contributed by atoms with Crippen molar-refractivity contribution in [2.75, 3.05) is 158 Å². The Balaban J connectivity index is 1.37. The van der Waals surface area contributed by atoms with Crippen LogP contribution in [-0.4, -0.2) is 182 Å². The number of carbonyl (C=O) groups excluding carboxylic acids is 2. The summed E-state index contributed by atoms with van der Waals surface area (Å²) in [6, 6.07) is 8.05. The molecule has 0 spiro atoms. The second-order valence-corrected chi connectivity index (χ2v) is 19.5. The van der Waals surface area contributed by atoms with Gasteiger partial charge in [0.1, 0.15) is 11.5 Å². The van der Waals surface area contributed by atoms with Gasteiger partial charge in [-0.05, 0) is 34.1 Å². The van der Waals surface area contributed by atoms with Crippen molar-refractivity contribution in [3.8, 4) is 11.5 Å². The largest absolute Gasteiger partial charge is 0.455 e. The topological polar surface area (TPSA) is 178 Å². The molecule has 2 aromatic carbocycles. The highest BCUT2D eigenvalue weighted by molar-refractivity contribution is 6.00. The number of benzene rings is 2. The first-order valence-electron chi connectivity index (χ1n) is 24.3. The van der Waals surface area contributed by atoms with Crippen LogP contribution < -0.4 is 15.4 Å². The van der Waals surface area contributed by atoms with E-state index in [-0.39, 0.29) is 48.9 Å². The van der Waals surface area contributed by atoms with Crippen molar-refractivity contribution in [3.05, 3.63) is 57.6 Å². The minimum atomic E-state index is -0.690. The molecule has 17 heteroatoms. The summed E-state index contributed by atoms with van der Waals surface area (Å²) >= 11 is 0. The first-order chi connectivity index (χ1) is 32.7. The summed E-state index contributed by atoms with van der Waals surface area (Å²) < 4.78 is 76.0. The number of hydrogen-bond donors (Lipinski definition) is 2. The van der Waals surface area contributed by atoms with Crippen molar-refractivity contribution in [1.29, 1.82) is 0 Å². The summed E-state index contributed by atoms with van der Waals surface area (Å²) in [4.78, 5) is 29.2. The third kappa shape index (κ3) is 18.1. The van der Waals surface area contributed by atoms with Gasteiger partial charge in [-0.2, -0.15) is 0 Å². The zero-order valence-corrected chi connectivity index (χ0v) is 42.1. The van der Waals surface area contributed by atoms with Crippen LogP contribution in [0.25, 0.3) is 0 Å². The molecule has 2 N–H and O–H groups in total. The van der Waals surface area contributed by atoms with E-state index in [1.54, 1.807) is 0 Å². The first kappa shape index (κ1) is 55.6. The zero-order chi connectivity index (χ0) is 48.8. The molecule has 3 heterocycles. The molecule has 2 saturated heterocycles. The fourth-order valence-corrected chi connectivity index (χ4v) is 7.53. The van der Waals surface area contributed by atoms with Gasteiger partial charge in [0.25, 0.3) is 11.8 Å². The van der Waals surface area contributed by atoms with Crippen molar-refractivity contribution in [1.82, 2.24) is 10.6 Å². The van der Waals surface area contributed by atoms with E-state index in [9.17, 15) is 9.59 Å². The van der Waals surface area contributed by atoms with Crippen LogP contribution >= 0.6 is 0 Å². The number of nitrogens with one attached hydrogen (secondary N) is 2. The molecular formula is C51H80N2O15. The summed E-state index contributed by atoms with van der Waals surface area (Å²) in [7, 11) is 0. The van der Waals surface area contributed by atoms with E-state index in [1.165, 1.54) is 0 Å². The van der Waals surface area contributed by atoms with Crippen LogP contribution in [0.5, 0.6) is 11.5 Å². The molecule has 5 rings (SSSR count). The van der Waals surface area contributed by atoms with Crippen LogP contribution in [0, 0.1) is 0 Å². The Labute approximate surface area is 404 Å². The Bertz CT molecular complexity index is 1660. The first-order valence-corrected chi connectivity index (χ1v) is 24.3. The normalized spacial score (nSPS) is 22.4. The average Bonchev–Trinajstić information content (AvgIpc) is 3.29. The van der Waals surface area contributed by atoms with Gasteiger partial charge in [0.05, 0.1) is 169 Å². The Morgan fingerprint density at radius 1 is 0.456 bits per heavy atom. The molecule has 2 amide bonds. The highest BCUT2D eigenvalue weighted by Crippen LogP contribution is 2.52. The van der Waals surface area contributed by atoms with Crippen LogP contribution in [0.1, 0.15) is 98.4 Å². The highest BCUT2D eigenvalue weighted by Gasteiger charge is 2.41. The van der Waals surface area contributed by atoms with Crippen molar-refractivity contribution in [2.45, 2.75) is 83.8 Å². The zero-order valence-electron chi connectivity index (χ0n) is 42.1. The molecular weight excluding hydrogens is 881 g/mol. The Morgan fingerprint density at radius 3 is 1.03 bits per heavy atom. The van der Waals surface area contributed by atoms with E-state index in [0.717, 1.165) is 22.3 Å². The van der Waals surface area contributed by atoms with Crippen LogP contribution in [0.3, 0.4) is 0 Å². The van der Waals surface area contributed by atoms with E-state index >= 15 is 0 Å². The van der Waals surface area contributed by atoms with Crippen molar-refractivity contribution in [2.24, 2.45) is 0 Å². The van der Waals surface area contributed by atoms with E-state index in [1.807, 2.05) is 12.1 Å². The summed E-state index contributed by atoms with van der Waals surface area (Å²) in [5, 5.41) is 6.23. The summed E-state index contributed by atoms with van der Waals surface area (Å²) in [6.45, 7) is 26.0. The number of hydrogen-bond acceptors (Lipinski definition) is 15. The predicted octanol–water partition coefficient (Wildman–Crippen LogP) is 5.14. The van der Waals surface area contributed by atoms with Crippen LogP contribution in [-0.2, 0) is 73.1 Å². The minimum absolute atomic E-state index is 0.156. The van der Waals surface area contributed by atoms with E-state index in [0.29, 0.717) is 155 Å². The third-order valence-corrected chi connectivity index (χ3v) is 11.7. The summed E-state index contributed by atoms with van der Waals surface area (Å²) in [5.41, 5.74) is 3.01. The van der Waals surface area contributed by atoms with Crippen LogP contribution in [0.15, 0.2) is 24.3 Å². The standard InChI is InChI=1S/C51H80N2O15/c1-49(2,3)37-29-41(47(54)52-33-39-35-64-23-21-60-15-13-56-9-11-58-17-19-62-25-27-66-39)45-43(31-37)51(7,8)44-32-38(50(4,5)6)30-42(46(44)68-45)48(55)53-34-40-36-65-24-22-61-16-14-57-10-12-59-18-20-63-26-28-67-40/h29-32,39-40H,9-28,33-36H2,1-8H3,(H,52,54)(H,53,55). The number of rotatable bonds is 6. The van der Waals surface area contributed by atoms with Crippen molar-refractivity contribution < 1.29 is 71.2 Å². The van der Waals surface area contributed by atoms with Gasteiger partial charge in [-0.3, -0.25) is 9.59 Å². The molecule has 2 unspecified atom stereocenters. The molecule has 2 fully saturated rings. The maximum Gasteiger partial charge on any atom is 0.255 e. The molecule has 17 nitrogen and oxygen atoms in total. The smallest absolute Gasteiger partial charge is 0.255 e. The Morgan fingerprint density at radius 2 is 0.735 bits per heavy atom. The lowest BCUT2D eigenvalue weighted by atomic mass is 9.70. The van der Waals surface area contributed by atoms with E-state index in [4.69, 9.17) is 61.6 Å². The average molecular weight is 961 g/mol. The van der Waals surface area contributed by atoms with Crippen molar-refractivity contribution in [3.63, 3.8) is 0 Å². The van der Waals surface area contributed by atoms with E-state index < -0.39 is 17.6 Å². The van der Waals surface area contributed by atoms with Crippen LogP contribution in [0.4, 0.5) is 0 Å². The molecule has 0 aromatic heterocycles. The minimum Gasteiger partial charge on any atom is -0.455 e. The van der Waals surface area contributed by atoms with Gasteiger partial charge in [0.15, 0.2) is 0 Å². The van der Waals surface area contributed by atoms with Gasteiger partial charge in [-0.25, -0.2) is 0 Å².